The van der Waals surface area contributed by atoms with Gasteiger partial charge in [0, 0.05) is 24.8 Å². The van der Waals surface area contributed by atoms with Crippen molar-refractivity contribution in [3.8, 4) is 11.5 Å². The number of amides is 1. The molecule has 0 unspecified atom stereocenters. The summed E-state index contributed by atoms with van der Waals surface area (Å²) in [6.07, 6.45) is 5.42. The van der Waals surface area contributed by atoms with E-state index in [1.807, 2.05) is 6.07 Å². The standard InChI is InChI=1S/C18H20N4O3/c23-18(13-4-5-14-15(10-13)25-12-24-14)20-11-16-19-7-6-17(21-16)22-8-2-1-3-9-22/h4-7,10H,1-3,8-9,11-12H2,(H,20,23). The fourth-order valence-electron chi connectivity index (χ4n) is 3.07. The lowest BCUT2D eigenvalue weighted by molar-refractivity contribution is 0.0949. The van der Waals surface area contributed by atoms with E-state index in [0.29, 0.717) is 22.9 Å². The molecule has 0 aliphatic carbocycles. The topological polar surface area (TPSA) is 76.6 Å². The summed E-state index contributed by atoms with van der Waals surface area (Å²) >= 11 is 0. The van der Waals surface area contributed by atoms with E-state index in [9.17, 15) is 4.79 Å². The molecule has 25 heavy (non-hydrogen) atoms. The molecule has 1 aromatic carbocycles. The number of fused-ring (bicyclic) bond motifs is 1. The average Bonchev–Trinajstić information content (AvgIpc) is 3.15. The number of hydrogen-bond acceptors (Lipinski definition) is 6. The molecule has 7 heteroatoms. The molecule has 0 radical (unpaired) electrons. The predicted molar refractivity (Wildman–Crippen MR) is 91.8 cm³/mol. The number of anilines is 1. The van der Waals surface area contributed by atoms with Crippen LogP contribution in [-0.4, -0.2) is 35.8 Å². The van der Waals surface area contributed by atoms with Crippen LogP contribution in [0.1, 0.15) is 35.4 Å². The highest BCUT2D eigenvalue weighted by atomic mass is 16.7. The van der Waals surface area contributed by atoms with Gasteiger partial charge in [0.15, 0.2) is 11.5 Å². The van der Waals surface area contributed by atoms with E-state index in [4.69, 9.17) is 9.47 Å². The van der Waals surface area contributed by atoms with Crippen molar-refractivity contribution in [1.82, 2.24) is 15.3 Å². The highest BCUT2D eigenvalue weighted by molar-refractivity contribution is 5.94. The first-order valence-corrected chi connectivity index (χ1v) is 8.54. The molecule has 0 spiro atoms. The summed E-state index contributed by atoms with van der Waals surface area (Å²) in [7, 11) is 0. The predicted octanol–water partition coefficient (Wildman–Crippen LogP) is 2.13. The van der Waals surface area contributed by atoms with E-state index in [-0.39, 0.29) is 19.2 Å². The number of hydrogen-bond donors (Lipinski definition) is 1. The number of carbonyl (C=O) groups excluding carboxylic acids is 1. The van der Waals surface area contributed by atoms with Gasteiger partial charge in [-0.2, -0.15) is 0 Å². The monoisotopic (exact) mass is 340 g/mol. The molecule has 7 nitrogen and oxygen atoms in total. The Morgan fingerprint density at radius 2 is 1.96 bits per heavy atom. The fraction of sp³-hybridized carbons (Fsp3) is 0.389. The second kappa shape index (κ2) is 6.96. The minimum absolute atomic E-state index is 0.190. The normalized spacial score (nSPS) is 15.9. The summed E-state index contributed by atoms with van der Waals surface area (Å²) in [5.41, 5.74) is 0.524. The lowest BCUT2D eigenvalue weighted by Crippen LogP contribution is -2.31. The van der Waals surface area contributed by atoms with E-state index < -0.39 is 0 Å². The highest BCUT2D eigenvalue weighted by Gasteiger charge is 2.17. The smallest absolute Gasteiger partial charge is 0.251 e. The second-order valence-corrected chi connectivity index (χ2v) is 6.13. The van der Waals surface area contributed by atoms with Gasteiger partial charge >= 0.3 is 0 Å². The average molecular weight is 340 g/mol. The lowest BCUT2D eigenvalue weighted by atomic mass is 10.1. The maximum atomic E-state index is 12.3. The molecule has 1 amide bonds. The molecule has 1 saturated heterocycles. The van der Waals surface area contributed by atoms with Gasteiger partial charge in [-0.1, -0.05) is 0 Å². The van der Waals surface area contributed by atoms with Gasteiger partial charge in [-0.3, -0.25) is 4.79 Å². The summed E-state index contributed by atoms with van der Waals surface area (Å²) in [4.78, 5) is 23.4. The summed E-state index contributed by atoms with van der Waals surface area (Å²) in [6.45, 7) is 2.53. The summed E-state index contributed by atoms with van der Waals surface area (Å²) in [5.74, 6) is 2.61. The molecule has 1 fully saturated rings. The number of nitrogens with one attached hydrogen (secondary N) is 1. The number of benzene rings is 1. The van der Waals surface area contributed by atoms with Crippen molar-refractivity contribution in [2.24, 2.45) is 0 Å². The summed E-state index contributed by atoms with van der Waals surface area (Å²) in [5, 5.41) is 2.86. The third kappa shape index (κ3) is 3.50. The Morgan fingerprint density at radius 3 is 2.84 bits per heavy atom. The zero-order valence-electron chi connectivity index (χ0n) is 13.9. The van der Waals surface area contributed by atoms with Crippen LogP contribution in [0, 0.1) is 0 Å². The summed E-state index contributed by atoms with van der Waals surface area (Å²) in [6, 6.07) is 7.07. The van der Waals surface area contributed by atoms with Crippen LogP contribution in [0.4, 0.5) is 5.82 Å². The molecular formula is C18H20N4O3. The Morgan fingerprint density at radius 1 is 1.12 bits per heavy atom. The quantitative estimate of drug-likeness (QED) is 0.919. The third-order valence-electron chi connectivity index (χ3n) is 4.41. The van der Waals surface area contributed by atoms with Gasteiger partial charge in [0.2, 0.25) is 6.79 Å². The first-order chi connectivity index (χ1) is 12.3. The molecule has 0 saturated carbocycles. The molecule has 1 aromatic heterocycles. The van der Waals surface area contributed by atoms with Crippen molar-refractivity contribution in [2.75, 3.05) is 24.8 Å². The molecule has 3 heterocycles. The number of ether oxygens (including phenoxy) is 2. The Bertz CT molecular complexity index is 775. The zero-order chi connectivity index (χ0) is 17.1. The van der Waals surface area contributed by atoms with Crippen LogP contribution >= 0.6 is 0 Å². The van der Waals surface area contributed by atoms with Gasteiger partial charge in [0.25, 0.3) is 5.91 Å². The van der Waals surface area contributed by atoms with Crippen LogP contribution in [0.2, 0.25) is 0 Å². The van der Waals surface area contributed by atoms with Gasteiger partial charge < -0.3 is 19.7 Å². The molecule has 4 rings (SSSR count). The number of piperidine rings is 1. The molecule has 0 bridgehead atoms. The minimum atomic E-state index is -0.190. The Hall–Kier alpha value is -2.83. The largest absolute Gasteiger partial charge is 0.454 e. The van der Waals surface area contributed by atoms with Crippen molar-refractivity contribution in [3.63, 3.8) is 0 Å². The number of carbonyl (C=O) groups is 1. The van der Waals surface area contributed by atoms with E-state index in [1.54, 1.807) is 24.4 Å². The molecule has 2 aliphatic rings. The van der Waals surface area contributed by atoms with Gasteiger partial charge in [0.05, 0.1) is 6.54 Å². The molecule has 0 atom stereocenters. The van der Waals surface area contributed by atoms with Crippen LogP contribution in [0.5, 0.6) is 11.5 Å². The van der Waals surface area contributed by atoms with E-state index >= 15 is 0 Å². The van der Waals surface area contributed by atoms with Crippen LogP contribution in [0.15, 0.2) is 30.5 Å². The van der Waals surface area contributed by atoms with E-state index in [1.165, 1.54) is 19.3 Å². The Balaban J connectivity index is 1.40. The van der Waals surface area contributed by atoms with E-state index in [2.05, 4.69) is 20.2 Å². The number of aromatic nitrogens is 2. The van der Waals surface area contributed by atoms with Crippen LogP contribution in [0.3, 0.4) is 0 Å². The van der Waals surface area contributed by atoms with Crippen LogP contribution in [0.25, 0.3) is 0 Å². The van der Waals surface area contributed by atoms with Crippen LogP contribution in [-0.2, 0) is 6.54 Å². The Kier molecular flexibility index (Phi) is 4.37. The van der Waals surface area contributed by atoms with Gasteiger partial charge in [0.1, 0.15) is 11.6 Å². The van der Waals surface area contributed by atoms with Crippen molar-refractivity contribution < 1.29 is 14.3 Å². The van der Waals surface area contributed by atoms with Gasteiger partial charge in [-0.15, -0.1) is 0 Å². The van der Waals surface area contributed by atoms with Gasteiger partial charge in [-0.05, 0) is 43.5 Å². The minimum Gasteiger partial charge on any atom is -0.454 e. The first-order valence-electron chi connectivity index (χ1n) is 8.54. The summed E-state index contributed by atoms with van der Waals surface area (Å²) < 4.78 is 10.6. The van der Waals surface area contributed by atoms with Crippen molar-refractivity contribution in [3.05, 3.63) is 41.9 Å². The second-order valence-electron chi connectivity index (χ2n) is 6.13. The van der Waals surface area contributed by atoms with Gasteiger partial charge in [-0.25, -0.2) is 9.97 Å². The van der Waals surface area contributed by atoms with Crippen molar-refractivity contribution >= 4 is 11.7 Å². The Labute approximate surface area is 146 Å². The maximum Gasteiger partial charge on any atom is 0.251 e. The fourth-order valence-corrected chi connectivity index (χ4v) is 3.07. The van der Waals surface area contributed by atoms with Crippen LogP contribution < -0.4 is 19.7 Å². The first kappa shape index (κ1) is 15.7. The number of nitrogens with zero attached hydrogens (tertiary/aromatic N) is 3. The highest BCUT2D eigenvalue weighted by Crippen LogP contribution is 2.32. The maximum absolute atomic E-state index is 12.3. The van der Waals surface area contributed by atoms with E-state index in [0.717, 1.165) is 18.9 Å². The SMILES string of the molecule is O=C(NCc1nccc(N2CCCCC2)n1)c1ccc2c(c1)OCO2. The molecule has 1 N–H and O–H groups in total. The van der Waals surface area contributed by atoms with Crippen molar-refractivity contribution in [2.45, 2.75) is 25.8 Å². The number of rotatable bonds is 4. The lowest BCUT2D eigenvalue weighted by Gasteiger charge is -2.27. The molecule has 130 valence electrons. The molecule has 2 aromatic rings. The zero-order valence-corrected chi connectivity index (χ0v) is 13.9. The third-order valence-corrected chi connectivity index (χ3v) is 4.41. The molecular weight excluding hydrogens is 320 g/mol. The molecule has 2 aliphatic heterocycles. The van der Waals surface area contributed by atoms with Crippen molar-refractivity contribution in [1.29, 1.82) is 0 Å².